The van der Waals surface area contributed by atoms with Crippen molar-refractivity contribution in [1.29, 1.82) is 0 Å². The molecule has 0 radical (unpaired) electrons. The number of nitrogens with zero attached hydrogens (tertiary/aromatic N) is 4. The molecule has 7 nitrogen and oxygen atoms in total. The quantitative estimate of drug-likeness (QED) is 0.609. The molecule has 0 aliphatic heterocycles. The van der Waals surface area contributed by atoms with E-state index in [1.165, 1.54) is 17.3 Å². The Morgan fingerprint density at radius 1 is 1.11 bits per heavy atom. The van der Waals surface area contributed by atoms with Gasteiger partial charge in [0.2, 0.25) is 11.1 Å². The maximum absolute atomic E-state index is 12.6. The molecule has 2 aromatic carbocycles. The normalized spacial score (nSPS) is 12.0. The zero-order chi connectivity index (χ0) is 20.1. The van der Waals surface area contributed by atoms with Crippen LogP contribution in [0, 0.1) is 0 Å². The van der Waals surface area contributed by atoms with Gasteiger partial charge in [0.15, 0.2) is 0 Å². The standard InChI is InChI=1S/C20H23N5O2S/c1-13(2)15-9-11-16(12-10-15)25-20(22-23-24-25)28-14(3)19(26)21-17-7-5-6-8-18(17)27-4/h5-14H,1-4H3,(H,21,26). The van der Waals surface area contributed by atoms with Gasteiger partial charge in [0.1, 0.15) is 5.75 Å². The maximum Gasteiger partial charge on any atom is 0.237 e. The number of aromatic nitrogens is 4. The smallest absolute Gasteiger partial charge is 0.237 e. The average molecular weight is 398 g/mol. The van der Waals surface area contributed by atoms with Crippen molar-refractivity contribution in [3.8, 4) is 11.4 Å². The molecule has 0 spiro atoms. The summed E-state index contributed by atoms with van der Waals surface area (Å²) in [5, 5.41) is 15.0. The van der Waals surface area contributed by atoms with Gasteiger partial charge in [-0.2, -0.15) is 4.68 Å². The zero-order valence-electron chi connectivity index (χ0n) is 16.3. The third kappa shape index (κ3) is 4.51. The van der Waals surface area contributed by atoms with E-state index >= 15 is 0 Å². The molecule has 3 rings (SSSR count). The first-order valence-corrected chi connectivity index (χ1v) is 9.86. The zero-order valence-corrected chi connectivity index (χ0v) is 17.1. The molecule has 0 saturated heterocycles. The number of nitrogens with one attached hydrogen (secondary N) is 1. The summed E-state index contributed by atoms with van der Waals surface area (Å²) in [6.07, 6.45) is 0. The highest BCUT2D eigenvalue weighted by atomic mass is 32.2. The number of methoxy groups -OCH3 is 1. The Kier molecular flexibility index (Phi) is 6.30. The minimum atomic E-state index is -0.399. The fraction of sp³-hybridized carbons (Fsp3) is 0.300. The van der Waals surface area contributed by atoms with Crippen molar-refractivity contribution in [2.24, 2.45) is 0 Å². The summed E-state index contributed by atoms with van der Waals surface area (Å²) in [5.41, 5.74) is 2.73. The van der Waals surface area contributed by atoms with Crippen LogP contribution in [0.15, 0.2) is 53.7 Å². The summed E-state index contributed by atoms with van der Waals surface area (Å²) in [6.45, 7) is 6.11. The molecule has 0 bridgehead atoms. The SMILES string of the molecule is COc1ccccc1NC(=O)C(C)Sc1nnnn1-c1ccc(C(C)C)cc1. The number of carbonyl (C=O) groups is 1. The molecule has 0 fully saturated rings. The van der Waals surface area contributed by atoms with Crippen LogP contribution in [0.3, 0.4) is 0 Å². The van der Waals surface area contributed by atoms with E-state index in [0.29, 0.717) is 22.5 Å². The Bertz CT molecular complexity index is 940. The van der Waals surface area contributed by atoms with E-state index in [-0.39, 0.29) is 5.91 Å². The summed E-state index contributed by atoms with van der Waals surface area (Å²) >= 11 is 1.30. The molecule has 1 unspecified atom stereocenters. The lowest BCUT2D eigenvalue weighted by Crippen LogP contribution is -2.23. The second-order valence-corrected chi connectivity index (χ2v) is 7.88. The fourth-order valence-corrected chi connectivity index (χ4v) is 3.42. The summed E-state index contributed by atoms with van der Waals surface area (Å²) in [7, 11) is 1.57. The van der Waals surface area contributed by atoms with Crippen molar-refractivity contribution in [2.45, 2.75) is 37.1 Å². The van der Waals surface area contributed by atoms with E-state index in [2.05, 4.69) is 46.8 Å². The molecule has 0 saturated carbocycles. The number of carbonyl (C=O) groups excluding carboxylic acids is 1. The molecule has 8 heteroatoms. The van der Waals surface area contributed by atoms with Gasteiger partial charge in [-0.25, -0.2) is 0 Å². The van der Waals surface area contributed by atoms with Crippen LogP contribution in [0.2, 0.25) is 0 Å². The Morgan fingerprint density at radius 3 is 2.50 bits per heavy atom. The Balaban J connectivity index is 1.72. The molecule has 3 aromatic rings. The number of benzene rings is 2. The van der Waals surface area contributed by atoms with E-state index in [9.17, 15) is 4.79 Å². The van der Waals surface area contributed by atoms with E-state index in [1.54, 1.807) is 23.9 Å². The Hall–Kier alpha value is -2.87. The molecular formula is C20H23N5O2S. The molecule has 1 atom stereocenters. The van der Waals surface area contributed by atoms with Gasteiger partial charge < -0.3 is 10.1 Å². The number of hydrogen-bond donors (Lipinski definition) is 1. The van der Waals surface area contributed by atoms with Crippen LogP contribution in [0.25, 0.3) is 5.69 Å². The lowest BCUT2D eigenvalue weighted by atomic mass is 10.0. The first-order valence-electron chi connectivity index (χ1n) is 8.99. The number of anilines is 1. The largest absolute Gasteiger partial charge is 0.495 e. The highest BCUT2D eigenvalue weighted by Crippen LogP contribution is 2.27. The number of amides is 1. The topological polar surface area (TPSA) is 81.9 Å². The van der Waals surface area contributed by atoms with E-state index in [4.69, 9.17) is 4.74 Å². The first-order chi connectivity index (χ1) is 13.5. The lowest BCUT2D eigenvalue weighted by Gasteiger charge is -2.14. The molecule has 1 N–H and O–H groups in total. The van der Waals surface area contributed by atoms with Crippen LogP contribution in [-0.4, -0.2) is 38.5 Å². The van der Waals surface area contributed by atoms with Gasteiger partial charge in [-0.15, -0.1) is 5.10 Å². The van der Waals surface area contributed by atoms with Gasteiger partial charge in [0, 0.05) is 0 Å². The number of thioether (sulfide) groups is 1. The van der Waals surface area contributed by atoms with Crippen LogP contribution in [-0.2, 0) is 4.79 Å². The molecule has 146 valence electrons. The van der Waals surface area contributed by atoms with Crippen LogP contribution < -0.4 is 10.1 Å². The number of hydrogen-bond acceptors (Lipinski definition) is 6. The van der Waals surface area contributed by atoms with Crippen molar-refractivity contribution in [3.63, 3.8) is 0 Å². The van der Waals surface area contributed by atoms with E-state index in [0.717, 1.165) is 5.69 Å². The predicted octanol–water partition coefficient (Wildman–Crippen LogP) is 3.91. The summed E-state index contributed by atoms with van der Waals surface area (Å²) < 4.78 is 6.92. The van der Waals surface area contributed by atoms with Crippen LogP contribution in [0.4, 0.5) is 5.69 Å². The van der Waals surface area contributed by atoms with Crippen molar-refractivity contribution in [3.05, 3.63) is 54.1 Å². The Morgan fingerprint density at radius 2 is 1.82 bits per heavy atom. The van der Waals surface area contributed by atoms with Gasteiger partial charge in [0.25, 0.3) is 0 Å². The molecular weight excluding hydrogens is 374 g/mol. The Labute approximate surface area is 168 Å². The number of tetrazole rings is 1. The molecule has 1 amide bonds. The second-order valence-electron chi connectivity index (χ2n) is 6.57. The highest BCUT2D eigenvalue weighted by Gasteiger charge is 2.20. The molecule has 28 heavy (non-hydrogen) atoms. The van der Waals surface area contributed by atoms with Crippen molar-refractivity contribution < 1.29 is 9.53 Å². The van der Waals surface area contributed by atoms with Crippen LogP contribution in [0.1, 0.15) is 32.3 Å². The lowest BCUT2D eigenvalue weighted by molar-refractivity contribution is -0.115. The predicted molar refractivity (Wildman–Crippen MR) is 110 cm³/mol. The van der Waals surface area contributed by atoms with Gasteiger partial charge in [-0.05, 0) is 53.1 Å². The van der Waals surface area contributed by atoms with Gasteiger partial charge >= 0.3 is 0 Å². The number of ether oxygens (including phenoxy) is 1. The van der Waals surface area contributed by atoms with Crippen LogP contribution >= 0.6 is 11.8 Å². The molecule has 0 aliphatic carbocycles. The molecule has 0 aliphatic rings. The maximum atomic E-state index is 12.6. The van der Waals surface area contributed by atoms with E-state index in [1.807, 2.05) is 31.2 Å². The van der Waals surface area contributed by atoms with Crippen molar-refractivity contribution in [2.75, 3.05) is 12.4 Å². The van der Waals surface area contributed by atoms with Crippen molar-refractivity contribution in [1.82, 2.24) is 20.2 Å². The van der Waals surface area contributed by atoms with Crippen LogP contribution in [0.5, 0.6) is 5.75 Å². The number of para-hydroxylation sites is 2. The van der Waals surface area contributed by atoms with Gasteiger partial charge in [0.05, 0.1) is 23.7 Å². The monoisotopic (exact) mass is 397 g/mol. The van der Waals surface area contributed by atoms with Crippen molar-refractivity contribution >= 4 is 23.4 Å². The average Bonchev–Trinajstić information content (AvgIpc) is 3.16. The highest BCUT2D eigenvalue weighted by molar-refractivity contribution is 8.00. The number of rotatable bonds is 7. The summed E-state index contributed by atoms with van der Waals surface area (Å²) in [4.78, 5) is 12.6. The minimum Gasteiger partial charge on any atom is -0.495 e. The second kappa shape index (κ2) is 8.88. The fourth-order valence-electron chi connectivity index (χ4n) is 2.61. The van der Waals surface area contributed by atoms with Gasteiger partial charge in [-0.1, -0.05) is 49.9 Å². The first kappa shape index (κ1) is 19.9. The summed E-state index contributed by atoms with van der Waals surface area (Å²) in [5.74, 6) is 0.915. The third-order valence-corrected chi connectivity index (χ3v) is 5.29. The van der Waals surface area contributed by atoms with Gasteiger partial charge in [-0.3, -0.25) is 4.79 Å². The molecule has 1 heterocycles. The summed E-state index contributed by atoms with van der Waals surface area (Å²) in [6, 6.07) is 15.4. The third-order valence-electron chi connectivity index (χ3n) is 4.26. The van der Waals surface area contributed by atoms with E-state index < -0.39 is 5.25 Å². The molecule has 1 aromatic heterocycles. The minimum absolute atomic E-state index is 0.154.